The molecule has 0 saturated heterocycles. The van der Waals surface area contributed by atoms with E-state index in [4.69, 9.17) is 0 Å². The Kier molecular flexibility index (Phi) is 54.6. The molecule has 0 unspecified atom stereocenters. The fourth-order valence-electron chi connectivity index (χ4n) is 0. The molecule has 0 spiro atoms. The molecule has 0 aromatic carbocycles. The molecular weight excluding hydrogens is 194 g/mol. The SMILES string of the molecule is CN(C)C.[Cl-].[Cl-].[Ge]. The monoisotopic (exact) mass is 203 g/mol. The van der Waals surface area contributed by atoms with Gasteiger partial charge in [0.05, 0.1) is 0 Å². The van der Waals surface area contributed by atoms with E-state index in [1.54, 1.807) is 0 Å². The Hall–Kier alpha value is 1.08. The van der Waals surface area contributed by atoms with Gasteiger partial charge < -0.3 is 29.7 Å². The molecule has 0 aliphatic carbocycles. The maximum absolute atomic E-state index is 2.00. The number of rotatable bonds is 0. The summed E-state index contributed by atoms with van der Waals surface area (Å²) in [6.45, 7) is 0. The van der Waals surface area contributed by atoms with Crippen molar-refractivity contribution in [1.82, 2.24) is 4.90 Å². The van der Waals surface area contributed by atoms with E-state index in [-0.39, 0.29) is 42.4 Å². The van der Waals surface area contributed by atoms with Crippen molar-refractivity contribution >= 4 is 17.6 Å². The van der Waals surface area contributed by atoms with Crippen molar-refractivity contribution in [2.24, 2.45) is 0 Å². The third-order valence-corrected chi connectivity index (χ3v) is 0. The molecule has 4 radical (unpaired) electrons. The topological polar surface area (TPSA) is 3.24 Å². The van der Waals surface area contributed by atoms with Gasteiger partial charge in [0.2, 0.25) is 0 Å². The van der Waals surface area contributed by atoms with Crippen molar-refractivity contribution in [3.8, 4) is 0 Å². The van der Waals surface area contributed by atoms with Crippen molar-refractivity contribution in [2.45, 2.75) is 0 Å². The van der Waals surface area contributed by atoms with Crippen LogP contribution in [0.15, 0.2) is 0 Å². The van der Waals surface area contributed by atoms with Crippen molar-refractivity contribution < 1.29 is 24.8 Å². The molecule has 0 aliphatic heterocycles. The molecule has 0 aromatic rings. The van der Waals surface area contributed by atoms with Crippen LogP contribution in [0.1, 0.15) is 0 Å². The standard InChI is InChI=1S/C3H9N.2ClH.Ge/c1-4(2)3;;;/h1-3H3;2*1H;/p-2. The maximum Gasteiger partial charge on any atom is 0 e. The molecule has 0 atom stereocenters. The van der Waals surface area contributed by atoms with Gasteiger partial charge in [-0.05, 0) is 21.1 Å². The summed E-state index contributed by atoms with van der Waals surface area (Å²) in [5, 5.41) is 0. The summed E-state index contributed by atoms with van der Waals surface area (Å²) in [4.78, 5) is 2.00. The van der Waals surface area contributed by atoms with Crippen LogP contribution in [0.2, 0.25) is 0 Å². The average Bonchev–Trinajstić information content (AvgIpc) is 0.811. The summed E-state index contributed by atoms with van der Waals surface area (Å²) in [5.41, 5.74) is 0. The van der Waals surface area contributed by atoms with Crippen LogP contribution in [0.4, 0.5) is 0 Å². The number of halogens is 2. The minimum Gasteiger partial charge on any atom is -1.00 e. The zero-order valence-corrected chi connectivity index (χ0v) is 8.31. The van der Waals surface area contributed by atoms with Gasteiger partial charge >= 0.3 is 0 Å². The third kappa shape index (κ3) is 156. The molecule has 0 aromatic heterocycles. The van der Waals surface area contributed by atoms with Gasteiger partial charge in [0.15, 0.2) is 0 Å². The minimum absolute atomic E-state index is 0. The molecular formula is C3H9Cl2GeN-2. The first kappa shape index (κ1) is 24.3. The largest absolute Gasteiger partial charge is 1.00 e. The van der Waals surface area contributed by atoms with Gasteiger partial charge in [-0.15, -0.1) is 0 Å². The summed E-state index contributed by atoms with van der Waals surface area (Å²) in [6.07, 6.45) is 0. The van der Waals surface area contributed by atoms with E-state index in [0.717, 1.165) is 0 Å². The quantitative estimate of drug-likeness (QED) is 0.354. The second kappa shape index (κ2) is 15.7. The Morgan fingerprint density at radius 1 is 0.857 bits per heavy atom. The first-order valence-corrected chi connectivity index (χ1v) is 1.34. The Morgan fingerprint density at radius 2 is 0.857 bits per heavy atom. The fraction of sp³-hybridized carbons (Fsp3) is 1.00. The molecule has 1 nitrogen and oxygen atoms in total. The normalized spacial score (nSPS) is 5.14. The second-order valence-electron chi connectivity index (χ2n) is 1.34. The molecule has 46 valence electrons. The van der Waals surface area contributed by atoms with E-state index in [9.17, 15) is 0 Å². The summed E-state index contributed by atoms with van der Waals surface area (Å²) >= 11 is 0. The first-order chi connectivity index (χ1) is 1.73. The molecule has 7 heavy (non-hydrogen) atoms. The van der Waals surface area contributed by atoms with Gasteiger partial charge in [-0.1, -0.05) is 0 Å². The van der Waals surface area contributed by atoms with E-state index in [2.05, 4.69) is 0 Å². The zero-order chi connectivity index (χ0) is 3.58. The Morgan fingerprint density at radius 3 is 0.857 bits per heavy atom. The number of hydrogen-bond donors (Lipinski definition) is 0. The van der Waals surface area contributed by atoms with Gasteiger partial charge in [0, 0.05) is 17.6 Å². The van der Waals surface area contributed by atoms with Gasteiger partial charge in [-0.2, -0.15) is 0 Å². The first-order valence-electron chi connectivity index (χ1n) is 1.34. The second-order valence-corrected chi connectivity index (χ2v) is 1.34. The molecule has 0 heterocycles. The molecule has 0 rings (SSSR count). The smallest absolute Gasteiger partial charge is 0 e. The van der Waals surface area contributed by atoms with Crippen molar-refractivity contribution in [3.05, 3.63) is 0 Å². The van der Waals surface area contributed by atoms with Crippen molar-refractivity contribution in [1.29, 1.82) is 0 Å². The maximum atomic E-state index is 2.00. The molecule has 0 bridgehead atoms. The number of nitrogens with zero attached hydrogens (tertiary/aromatic N) is 1. The molecule has 4 heteroatoms. The predicted octanol–water partition coefficient (Wildman–Crippen LogP) is -6.19. The van der Waals surface area contributed by atoms with E-state index in [1.165, 1.54) is 0 Å². The van der Waals surface area contributed by atoms with Gasteiger partial charge in [0.1, 0.15) is 0 Å². The van der Waals surface area contributed by atoms with Gasteiger partial charge in [-0.3, -0.25) is 0 Å². The van der Waals surface area contributed by atoms with Crippen LogP contribution in [-0.2, 0) is 0 Å². The molecule has 0 aliphatic rings. The third-order valence-electron chi connectivity index (χ3n) is 0. The van der Waals surface area contributed by atoms with Gasteiger partial charge in [0.25, 0.3) is 0 Å². The van der Waals surface area contributed by atoms with Crippen LogP contribution in [0.3, 0.4) is 0 Å². The zero-order valence-electron chi connectivity index (χ0n) is 4.70. The molecule has 0 N–H and O–H groups in total. The summed E-state index contributed by atoms with van der Waals surface area (Å²) in [5.74, 6) is 0. The fourth-order valence-corrected chi connectivity index (χ4v) is 0. The molecule has 0 saturated carbocycles. The summed E-state index contributed by atoms with van der Waals surface area (Å²) in [7, 11) is 6.00. The van der Waals surface area contributed by atoms with Gasteiger partial charge in [-0.25, -0.2) is 0 Å². The van der Waals surface area contributed by atoms with Crippen LogP contribution in [-0.4, -0.2) is 43.6 Å². The summed E-state index contributed by atoms with van der Waals surface area (Å²) in [6, 6.07) is 0. The summed E-state index contributed by atoms with van der Waals surface area (Å²) < 4.78 is 0. The van der Waals surface area contributed by atoms with E-state index in [1.807, 2.05) is 26.0 Å². The Labute approximate surface area is 68.6 Å². The average molecular weight is 203 g/mol. The van der Waals surface area contributed by atoms with Crippen LogP contribution in [0.5, 0.6) is 0 Å². The van der Waals surface area contributed by atoms with Crippen LogP contribution in [0.25, 0.3) is 0 Å². The molecule has 0 amide bonds. The Bertz CT molecular complexity index is 17.7. The van der Waals surface area contributed by atoms with Crippen LogP contribution in [0, 0.1) is 0 Å². The van der Waals surface area contributed by atoms with E-state index >= 15 is 0 Å². The Balaban J connectivity index is -0.0000000150. The van der Waals surface area contributed by atoms with Crippen LogP contribution >= 0.6 is 0 Å². The van der Waals surface area contributed by atoms with E-state index in [0.29, 0.717) is 0 Å². The predicted molar refractivity (Wildman–Crippen MR) is 25.4 cm³/mol. The van der Waals surface area contributed by atoms with E-state index < -0.39 is 0 Å². The molecule has 0 fully saturated rings. The van der Waals surface area contributed by atoms with Crippen LogP contribution < -0.4 is 24.8 Å². The van der Waals surface area contributed by atoms with Crippen molar-refractivity contribution in [2.75, 3.05) is 21.1 Å². The number of hydrogen-bond acceptors (Lipinski definition) is 1. The minimum atomic E-state index is 0. The van der Waals surface area contributed by atoms with Crippen molar-refractivity contribution in [3.63, 3.8) is 0 Å².